The molecule has 1 heterocycles. The molecule has 4 atom stereocenters. The van der Waals surface area contributed by atoms with Crippen LogP contribution in [0.1, 0.15) is 46.2 Å². The van der Waals surface area contributed by atoms with Crippen LogP contribution in [0, 0.1) is 11.8 Å². The molecule has 1 aromatic rings. The van der Waals surface area contributed by atoms with E-state index in [1.165, 1.54) is 12.5 Å². The Morgan fingerprint density at radius 2 is 1.53 bits per heavy atom. The third kappa shape index (κ3) is 9.17. The number of carbonyl (C=O) groups is 5. The number of nitrogens with two attached hydrogens (primary N) is 1. The first kappa shape index (κ1) is 28.6. The van der Waals surface area contributed by atoms with Crippen LogP contribution in [0.3, 0.4) is 0 Å². The standard InChI is InChI=1S/C21H34N6O7/c1-10(2)16(26-18(30)13(22)7-12-8-23-9-24-12)20(32)25-14(5-6-15(28)29)19(31)27-17(11(3)4)21(33)34/h8-11,13-14,16-17H,5-7,22H2,1-4H3,(H,23,24)(H,25,32)(H,26,30)(H,27,31)(H,28,29)(H,33,34). The summed E-state index contributed by atoms with van der Waals surface area (Å²) in [6, 6.07) is -4.58. The number of H-pyrrole nitrogens is 1. The Bertz CT molecular complexity index is 856. The summed E-state index contributed by atoms with van der Waals surface area (Å²) in [5.41, 5.74) is 6.56. The maximum Gasteiger partial charge on any atom is 0.326 e. The number of nitrogens with zero attached hydrogens (tertiary/aromatic N) is 1. The number of hydrogen-bond donors (Lipinski definition) is 7. The van der Waals surface area contributed by atoms with Gasteiger partial charge in [-0.3, -0.25) is 19.2 Å². The number of aromatic nitrogens is 2. The van der Waals surface area contributed by atoms with Crippen molar-refractivity contribution in [3.8, 4) is 0 Å². The second-order valence-corrected chi connectivity index (χ2v) is 8.68. The van der Waals surface area contributed by atoms with Crippen LogP contribution in [0.5, 0.6) is 0 Å². The third-order valence-electron chi connectivity index (χ3n) is 5.09. The number of rotatable bonds is 14. The van der Waals surface area contributed by atoms with Crippen LogP contribution >= 0.6 is 0 Å². The van der Waals surface area contributed by atoms with Crippen molar-refractivity contribution in [2.75, 3.05) is 0 Å². The van der Waals surface area contributed by atoms with Gasteiger partial charge in [0.2, 0.25) is 17.7 Å². The number of amides is 3. The number of imidazole rings is 1. The molecule has 0 bridgehead atoms. The monoisotopic (exact) mass is 482 g/mol. The highest BCUT2D eigenvalue weighted by molar-refractivity contribution is 5.94. The van der Waals surface area contributed by atoms with Crippen molar-refractivity contribution in [1.29, 1.82) is 0 Å². The Labute approximate surface area is 197 Å². The molecule has 8 N–H and O–H groups in total. The molecule has 0 saturated carbocycles. The second kappa shape index (κ2) is 13.3. The van der Waals surface area contributed by atoms with E-state index >= 15 is 0 Å². The Morgan fingerprint density at radius 3 is 2.00 bits per heavy atom. The molecule has 0 aliphatic carbocycles. The van der Waals surface area contributed by atoms with Crippen molar-refractivity contribution in [3.05, 3.63) is 18.2 Å². The van der Waals surface area contributed by atoms with E-state index in [0.29, 0.717) is 5.69 Å². The van der Waals surface area contributed by atoms with E-state index in [0.717, 1.165) is 0 Å². The molecule has 0 spiro atoms. The number of carbonyl (C=O) groups excluding carboxylic acids is 3. The summed E-state index contributed by atoms with van der Waals surface area (Å²) in [6.07, 6.45) is 2.42. The summed E-state index contributed by atoms with van der Waals surface area (Å²) in [7, 11) is 0. The van der Waals surface area contributed by atoms with E-state index in [4.69, 9.17) is 10.8 Å². The summed E-state index contributed by atoms with van der Waals surface area (Å²) in [5, 5.41) is 25.7. The molecule has 0 saturated heterocycles. The lowest BCUT2D eigenvalue weighted by molar-refractivity contribution is -0.144. The van der Waals surface area contributed by atoms with Gasteiger partial charge in [-0.05, 0) is 18.3 Å². The van der Waals surface area contributed by atoms with Crippen LogP contribution in [0.25, 0.3) is 0 Å². The lowest BCUT2D eigenvalue weighted by atomic mass is 10.0. The number of aliphatic carboxylic acids is 2. The largest absolute Gasteiger partial charge is 0.481 e. The van der Waals surface area contributed by atoms with E-state index in [1.807, 2.05) is 0 Å². The highest BCUT2D eigenvalue weighted by Gasteiger charge is 2.32. The van der Waals surface area contributed by atoms with Crippen molar-refractivity contribution < 1.29 is 34.2 Å². The molecule has 34 heavy (non-hydrogen) atoms. The quantitative estimate of drug-likeness (QED) is 0.173. The zero-order chi connectivity index (χ0) is 26.0. The van der Waals surface area contributed by atoms with Crippen LogP contribution in [-0.4, -0.2) is 74.0 Å². The Balaban J connectivity index is 2.93. The van der Waals surface area contributed by atoms with E-state index in [9.17, 15) is 29.1 Å². The molecule has 4 unspecified atom stereocenters. The average molecular weight is 483 g/mol. The molecule has 13 nitrogen and oxygen atoms in total. The number of nitrogens with one attached hydrogen (secondary N) is 4. The molecule has 0 aromatic carbocycles. The molecule has 1 rings (SSSR count). The maximum absolute atomic E-state index is 12.9. The molecule has 1 aromatic heterocycles. The predicted octanol–water partition coefficient (Wildman–Crippen LogP) is -1.00. The van der Waals surface area contributed by atoms with E-state index < -0.39 is 72.1 Å². The van der Waals surface area contributed by atoms with Crippen LogP contribution < -0.4 is 21.7 Å². The van der Waals surface area contributed by atoms with Crippen molar-refractivity contribution in [1.82, 2.24) is 25.9 Å². The first-order valence-electron chi connectivity index (χ1n) is 10.9. The summed E-state index contributed by atoms with van der Waals surface area (Å²) in [4.78, 5) is 67.3. The molecule has 0 radical (unpaired) electrons. The highest BCUT2D eigenvalue weighted by Crippen LogP contribution is 2.08. The van der Waals surface area contributed by atoms with Gasteiger partial charge in [0.25, 0.3) is 0 Å². The lowest BCUT2D eigenvalue weighted by Gasteiger charge is -2.27. The summed E-state index contributed by atoms with van der Waals surface area (Å²) in [6.45, 7) is 6.55. The van der Waals surface area contributed by atoms with Gasteiger partial charge in [-0.25, -0.2) is 9.78 Å². The summed E-state index contributed by atoms with van der Waals surface area (Å²) >= 11 is 0. The van der Waals surface area contributed by atoms with Gasteiger partial charge >= 0.3 is 11.9 Å². The molecule has 0 aliphatic rings. The van der Waals surface area contributed by atoms with Gasteiger partial charge in [0, 0.05) is 24.7 Å². The SMILES string of the molecule is CC(C)C(NC(=O)C(CCC(=O)O)NC(=O)C(NC(=O)C(N)Cc1cnc[nH]1)C(C)C)C(=O)O. The van der Waals surface area contributed by atoms with Crippen molar-refractivity contribution in [3.63, 3.8) is 0 Å². The Morgan fingerprint density at radius 1 is 0.941 bits per heavy atom. The van der Waals surface area contributed by atoms with Gasteiger partial charge in [-0.15, -0.1) is 0 Å². The van der Waals surface area contributed by atoms with Crippen molar-refractivity contribution >= 4 is 29.7 Å². The van der Waals surface area contributed by atoms with E-state index in [2.05, 4.69) is 25.9 Å². The summed E-state index contributed by atoms with van der Waals surface area (Å²) in [5.74, 6) is -5.44. The average Bonchev–Trinajstić information content (AvgIpc) is 3.24. The van der Waals surface area contributed by atoms with Gasteiger partial charge in [0.15, 0.2) is 0 Å². The van der Waals surface area contributed by atoms with E-state index in [-0.39, 0.29) is 12.8 Å². The number of hydrogen-bond acceptors (Lipinski definition) is 7. The number of carboxylic acids is 2. The highest BCUT2D eigenvalue weighted by atomic mass is 16.4. The fraction of sp³-hybridized carbons (Fsp3) is 0.619. The first-order valence-corrected chi connectivity index (χ1v) is 10.9. The van der Waals surface area contributed by atoms with Crippen LogP contribution in [-0.2, 0) is 30.4 Å². The fourth-order valence-corrected chi connectivity index (χ4v) is 3.09. The molecule has 13 heteroatoms. The van der Waals surface area contributed by atoms with Crippen LogP contribution in [0.15, 0.2) is 12.5 Å². The third-order valence-corrected chi connectivity index (χ3v) is 5.09. The van der Waals surface area contributed by atoms with Crippen LogP contribution in [0.2, 0.25) is 0 Å². The van der Waals surface area contributed by atoms with Crippen molar-refractivity contribution in [2.24, 2.45) is 17.6 Å². The van der Waals surface area contributed by atoms with Gasteiger partial charge in [0.05, 0.1) is 12.4 Å². The lowest BCUT2D eigenvalue weighted by Crippen LogP contribution is -2.59. The molecule has 0 aliphatic heterocycles. The smallest absolute Gasteiger partial charge is 0.326 e. The van der Waals surface area contributed by atoms with Gasteiger partial charge < -0.3 is 36.9 Å². The Hall–Kier alpha value is -3.48. The number of aromatic amines is 1. The normalized spacial score (nSPS) is 14.7. The minimum absolute atomic E-state index is 0.160. The topological polar surface area (TPSA) is 217 Å². The predicted molar refractivity (Wildman–Crippen MR) is 120 cm³/mol. The fourth-order valence-electron chi connectivity index (χ4n) is 3.09. The second-order valence-electron chi connectivity index (χ2n) is 8.68. The zero-order valence-electron chi connectivity index (χ0n) is 19.7. The molecule has 0 fully saturated rings. The molecular formula is C21H34N6O7. The van der Waals surface area contributed by atoms with Gasteiger partial charge in [-0.1, -0.05) is 27.7 Å². The van der Waals surface area contributed by atoms with Gasteiger partial charge in [-0.2, -0.15) is 0 Å². The zero-order valence-corrected chi connectivity index (χ0v) is 19.7. The first-order chi connectivity index (χ1) is 15.8. The van der Waals surface area contributed by atoms with Crippen LogP contribution in [0.4, 0.5) is 0 Å². The Kier molecular flexibility index (Phi) is 11.2. The minimum Gasteiger partial charge on any atom is -0.481 e. The summed E-state index contributed by atoms with van der Waals surface area (Å²) < 4.78 is 0. The maximum atomic E-state index is 12.9. The number of carboxylic acid groups (broad SMARTS) is 2. The van der Waals surface area contributed by atoms with Gasteiger partial charge in [0.1, 0.15) is 18.1 Å². The van der Waals surface area contributed by atoms with E-state index in [1.54, 1.807) is 27.7 Å². The molecule has 190 valence electrons. The molecular weight excluding hydrogens is 448 g/mol. The molecule has 3 amide bonds. The minimum atomic E-state index is -1.32. The van der Waals surface area contributed by atoms with Crippen molar-refractivity contribution in [2.45, 2.75) is 71.1 Å².